The highest BCUT2D eigenvalue weighted by Gasteiger charge is 2.19. The molecule has 0 saturated heterocycles. The second-order valence-corrected chi connectivity index (χ2v) is 7.81. The lowest BCUT2D eigenvalue weighted by atomic mass is 10.1. The molecular weight excluding hydrogens is 390 g/mol. The molecule has 7 nitrogen and oxygen atoms in total. The zero-order chi connectivity index (χ0) is 21.3. The summed E-state index contributed by atoms with van der Waals surface area (Å²) in [5.41, 5.74) is 1.61. The van der Waals surface area contributed by atoms with Gasteiger partial charge in [0.15, 0.2) is 17.5 Å². The number of nitrogens with zero attached hydrogens (tertiary/aromatic N) is 5. The van der Waals surface area contributed by atoms with Crippen LogP contribution in [0.1, 0.15) is 26.3 Å². The van der Waals surface area contributed by atoms with Gasteiger partial charge >= 0.3 is 0 Å². The normalized spacial score (nSPS) is 11.6. The lowest BCUT2D eigenvalue weighted by Gasteiger charge is -2.21. The Hall–Kier alpha value is -3.62. The van der Waals surface area contributed by atoms with E-state index >= 15 is 0 Å². The van der Waals surface area contributed by atoms with Gasteiger partial charge in [-0.25, -0.2) is 18.7 Å². The van der Waals surface area contributed by atoms with E-state index in [1.54, 1.807) is 35.0 Å². The Bertz CT molecular complexity index is 1160. The van der Waals surface area contributed by atoms with Crippen molar-refractivity contribution in [3.05, 3.63) is 66.1 Å². The van der Waals surface area contributed by atoms with Crippen molar-refractivity contribution in [2.45, 2.75) is 32.9 Å². The number of halogens is 2. The molecule has 0 spiro atoms. The van der Waals surface area contributed by atoms with Crippen LogP contribution in [0.3, 0.4) is 0 Å². The van der Waals surface area contributed by atoms with Crippen molar-refractivity contribution in [1.82, 2.24) is 24.9 Å². The monoisotopic (exact) mass is 410 g/mol. The van der Waals surface area contributed by atoms with E-state index in [2.05, 4.69) is 25.5 Å². The summed E-state index contributed by atoms with van der Waals surface area (Å²) in [6.45, 7) is 5.88. The molecule has 0 aliphatic carbocycles. The van der Waals surface area contributed by atoms with Crippen molar-refractivity contribution in [2.75, 3.05) is 5.32 Å². The van der Waals surface area contributed by atoms with Crippen LogP contribution < -0.4 is 5.32 Å². The smallest absolute Gasteiger partial charge is 0.183 e. The van der Waals surface area contributed by atoms with Crippen molar-refractivity contribution in [3.63, 3.8) is 0 Å². The maximum Gasteiger partial charge on any atom is 0.183 e. The minimum Gasteiger partial charge on any atom is -0.364 e. The van der Waals surface area contributed by atoms with E-state index in [1.807, 2.05) is 20.8 Å². The molecule has 30 heavy (non-hydrogen) atoms. The third-order valence-electron chi connectivity index (χ3n) is 4.22. The SMILES string of the molecule is CC(C)(C)Nc1nc(-c2cc(-c3ccon3)n(Cc3ccccc3F)n2)ncc1F. The summed E-state index contributed by atoms with van der Waals surface area (Å²) in [7, 11) is 0. The van der Waals surface area contributed by atoms with Gasteiger partial charge in [0, 0.05) is 17.2 Å². The van der Waals surface area contributed by atoms with Gasteiger partial charge in [0.25, 0.3) is 0 Å². The zero-order valence-corrected chi connectivity index (χ0v) is 16.7. The van der Waals surface area contributed by atoms with E-state index in [-0.39, 0.29) is 29.5 Å². The van der Waals surface area contributed by atoms with Gasteiger partial charge in [-0.2, -0.15) is 5.10 Å². The molecule has 3 heterocycles. The highest BCUT2D eigenvalue weighted by Crippen LogP contribution is 2.26. The summed E-state index contributed by atoms with van der Waals surface area (Å²) in [6.07, 6.45) is 2.54. The van der Waals surface area contributed by atoms with E-state index < -0.39 is 5.82 Å². The Morgan fingerprint density at radius 1 is 1.07 bits per heavy atom. The molecule has 0 aliphatic rings. The summed E-state index contributed by atoms with van der Waals surface area (Å²) in [6, 6.07) is 9.85. The quantitative estimate of drug-likeness (QED) is 0.521. The molecule has 0 aliphatic heterocycles. The van der Waals surface area contributed by atoms with Gasteiger partial charge in [-0.1, -0.05) is 23.4 Å². The lowest BCUT2D eigenvalue weighted by Crippen LogP contribution is -2.27. The summed E-state index contributed by atoms with van der Waals surface area (Å²) < 4.78 is 34.9. The summed E-state index contributed by atoms with van der Waals surface area (Å²) in [4.78, 5) is 8.38. The number of hydrogen-bond donors (Lipinski definition) is 1. The van der Waals surface area contributed by atoms with Crippen LogP contribution >= 0.6 is 0 Å². The van der Waals surface area contributed by atoms with Crippen molar-refractivity contribution in [2.24, 2.45) is 0 Å². The first kappa shape index (κ1) is 19.7. The number of rotatable bonds is 5. The van der Waals surface area contributed by atoms with E-state index in [4.69, 9.17) is 4.52 Å². The molecule has 4 rings (SSSR count). The zero-order valence-electron chi connectivity index (χ0n) is 16.7. The Morgan fingerprint density at radius 3 is 2.57 bits per heavy atom. The number of nitrogens with one attached hydrogen (secondary N) is 1. The predicted octanol–water partition coefficient (Wildman–Crippen LogP) is 4.53. The molecule has 1 aromatic carbocycles. The van der Waals surface area contributed by atoms with Crippen LogP contribution in [0.2, 0.25) is 0 Å². The third-order valence-corrected chi connectivity index (χ3v) is 4.22. The second kappa shape index (κ2) is 7.66. The first-order chi connectivity index (χ1) is 14.3. The molecule has 0 unspecified atom stereocenters. The molecule has 0 amide bonds. The topological polar surface area (TPSA) is 81.7 Å². The van der Waals surface area contributed by atoms with Crippen molar-refractivity contribution < 1.29 is 13.3 Å². The maximum atomic E-state index is 14.2. The summed E-state index contributed by atoms with van der Waals surface area (Å²) in [5.74, 6) is -0.578. The highest BCUT2D eigenvalue weighted by atomic mass is 19.1. The minimum atomic E-state index is -0.559. The van der Waals surface area contributed by atoms with E-state index in [9.17, 15) is 8.78 Å². The van der Waals surface area contributed by atoms with Gasteiger partial charge in [0.1, 0.15) is 23.5 Å². The molecule has 3 aromatic heterocycles. The van der Waals surface area contributed by atoms with Crippen LogP contribution in [0.25, 0.3) is 22.9 Å². The minimum absolute atomic E-state index is 0.0825. The molecule has 0 fully saturated rings. The average molecular weight is 410 g/mol. The van der Waals surface area contributed by atoms with Crippen LogP contribution in [-0.4, -0.2) is 30.4 Å². The number of anilines is 1. The van der Waals surface area contributed by atoms with Gasteiger partial charge in [0.2, 0.25) is 0 Å². The fourth-order valence-corrected chi connectivity index (χ4v) is 2.92. The van der Waals surface area contributed by atoms with E-state index in [0.717, 1.165) is 6.20 Å². The fourth-order valence-electron chi connectivity index (χ4n) is 2.92. The van der Waals surface area contributed by atoms with Gasteiger partial charge < -0.3 is 9.84 Å². The molecule has 9 heteroatoms. The van der Waals surface area contributed by atoms with Crippen molar-refractivity contribution in [3.8, 4) is 22.9 Å². The molecule has 154 valence electrons. The number of aromatic nitrogens is 5. The van der Waals surface area contributed by atoms with E-state index in [0.29, 0.717) is 22.6 Å². The Morgan fingerprint density at radius 2 is 1.87 bits per heavy atom. The van der Waals surface area contributed by atoms with Crippen LogP contribution in [0.15, 0.2) is 53.4 Å². The fraction of sp³-hybridized carbons (Fsp3) is 0.238. The highest BCUT2D eigenvalue weighted by molar-refractivity contribution is 5.63. The van der Waals surface area contributed by atoms with Gasteiger partial charge in [-0.05, 0) is 32.9 Å². The van der Waals surface area contributed by atoms with Crippen LogP contribution in [0.5, 0.6) is 0 Å². The molecule has 0 saturated carbocycles. The number of hydrogen-bond acceptors (Lipinski definition) is 6. The van der Waals surface area contributed by atoms with Crippen molar-refractivity contribution in [1.29, 1.82) is 0 Å². The van der Waals surface area contributed by atoms with Crippen LogP contribution in [0.4, 0.5) is 14.6 Å². The van der Waals surface area contributed by atoms with Gasteiger partial charge in [0.05, 0.1) is 18.4 Å². The largest absolute Gasteiger partial charge is 0.364 e. The first-order valence-electron chi connectivity index (χ1n) is 9.33. The Labute approximate surface area is 171 Å². The molecule has 1 N–H and O–H groups in total. The predicted molar refractivity (Wildman–Crippen MR) is 108 cm³/mol. The van der Waals surface area contributed by atoms with Gasteiger partial charge in [-0.3, -0.25) is 4.68 Å². The number of benzene rings is 1. The lowest BCUT2D eigenvalue weighted by molar-refractivity contribution is 0.421. The Kier molecular flexibility index (Phi) is 5.03. The molecule has 0 atom stereocenters. The molecule has 0 radical (unpaired) electrons. The Balaban J connectivity index is 1.77. The standard InChI is InChI=1S/C21H20F2N6O/c1-21(2,3)26-19-15(23)11-24-20(25-19)17-10-18(16-8-9-30-28-16)29(27-17)12-13-6-4-5-7-14(13)22/h4-11H,12H2,1-3H3,(H,24,25,26). The second-order valence-electron chi connectivity index (χ2n) is 7.81. The van der Waals surface area contributed by atoms with Crippen molar-refractivity contribution >= 4 is 5.82 Å². The maximum absolute atomic E-state index is 14.2. The summed E-state index contributed by atoms with van der Waals surface area (Å²) in [5, 5.41) is 11.5. The first-order valence-corrected chi connectivity index (χ1v) is 9.33. The van der Waals surface area contributed by atoms with Crippen LogP contribution in [-0.2, 0) is 6.54 Å². The molecule has 4 aromatic rings. The third kappa shape index (κ3) is 4.19. The molecular formula is C21H20F2N6O. The average Bonchev–Trinajstić information content (AvgIpc) is 3.34. The van der Waals surface area contributed by atoms with Gasteiger partial charge in [-0.15, -0.1) is 0 Å². The van der Waals surface area contributed by atoms with E-state index in [1.165, 1.54) is 12.3 Å². The molecule has 0 bridgehead atoms. The van der Waals surface area contributed by atoms with Crippen LogP contribution in [0, 0.1) is 11.6 Å². The summed E-state index contributed by atoms with van der Waals surface area (Å²) >= 11 is 0.